The lowest BCUT2D eigenvalue weighted by Crippen LogP contribution is -2.30. The van der Waals surface area contributed by atoms with Gasteiger partial charge in [-0.05, 0) is 55.0 Å². The maximum Gasteiger partial charge on any atom is 0.319 e. The molecule has 0 saturated heterocycles. The Morgan fingerprint density at radius 2 is 1.93 bits per heavy atom. The number of nitrogens with one attached hydrogen (secondary N) is 3. The smallest absolute Gasteiger partial charge is 0.319 e. The molecule has 0 aliphatic rings. The van der Waals surface area contributed by atoms with Gasteiger partial charge in [0.2, 0.25) is 0 Å². The molecular weight excluding hydrogens is 364 g/mol. The second kappa shape index (κ2) is 9.09. The van der Waals surface area contributed by atoms with Gasteiger partial charge in [-0.15, -0.1) is 0 Å². The molecule has 0 aliphatic carbocycles. The van der Waals surface area contributed by atoms with Crippen LogP contribution in [-0.4, -0.2) is 31.2 Å². The van der Waals surface area contributed by atoms with E-state index >= 15 is 0 Å². The van der Waals surface area contributed by atoms with E-state index in [1.54, 1.807) is 37.6 Å². The highest BCUT2D eigenvalue weighted by Gasteiger charge is 2.03. The van der Waals surface area contributed by atoms with E-state index in [-0.39, 0.29) is 6.03 Å². The number of methoxy groups -OCH3 is 1. The van der Waals surface area contributed by atoms with E-state index in [0.29, 0.717) is 17.3 Å². The minimum absolute atomic E-state index is 0.232. The molecule has 0 aliphatic heterocycles. The number of amides is 2. The Bertz CT molecular complexity index is 916. The van der Waals surface area contributed by atoms with Crippen molar-refractivity contribution in [1.82, 2.24) is 10.3 Å². The standard InChI is InChI=1S/C20H21ClN4O2/c1-27-16-6-4-15(5-7-16)25-20(26)24-11-2-10-22-18-9-12-23-19-13-14(21)3-8-17(18)19/h3-9,12-13H,2,10-11H2,1H3,(H,22,23)(H2,24,25,26). The number of ether oxygens (including phenoxy) is 1. The molecule has 140 valence electrons. The number of fused-ring (bicyclic) bond motifs is 1. The monoisotopic (exact) mass is 384 g/mol. The molecule has 1 heterocycles. The number of benzene rings is 2. The second-order valence-corrected chi connectivity index (χ2v) is 6.35. The van der Waals surface area contributed by atoms with Gasteiger partial charge in [-0.3, -0.25) is 4.98 Å². The fourth-order valence-electron chi connectivity index (χ4n) is 2.64. The Morgan fingerprint density at radius 3 is 2.70 bits per heavy atom. The third-order valence-corrected chi connectivity index (χ3v) is 4.24. The SMILES string of the molecule is COc1ccc(NC(=O)NCCCNc2ccnc3cc(Cl)ccc23)cc1. The lowest BCUT2D eigenvalue weighted by atomic mass is 10.2. The average Bonchev–Trinajstić information content (AvgIpc) is 2.68. The lowest BCUT2D eigenvalue weighted by molar-refractivity contribution is 0.252. The van der Waals surface area contributed by atoms with Crippen molar-refractivity contribution in [2.24, 2.45) is 0 Å². The van der Waals surface area contributed by atoms with Crippen LogP contribution in [-0.2, 0) is 0 Å². The summed E-state index contributed by atoms with van der Waals surface area (Å²) in [6, 6.07) is 14.5. The van der Waals surface area contributed by atoms with Crippen LogP contribution in [0.5, 0.6) is 5.75 Å². The third kappa shape index (κ3) is 5.24. The molecule has 6 nitrogen and oxygen atoms in total. The maximum absolute atomic E-state index is 11.9. The van der Waals surface area contributed by atoms with Gasteiger partial charge in [0, 0.05) is 41.1 Å². The molecule has 0 fully saturated rings. The minimum Gasteiger partial charge on any atom is -0.497 e. The number of aromatic nitrogens is 1. The number of carbonyl (C=O) groups excluding carboxylic acids is 1. The highest BCUT2D eigenvalue weighted by molar-refractivity contribution is 6.31. The quantitative estimate of drug-likeness (QED) is 0.523. The summed E-state index contributed by atoms with van der Waals surface area (Å²) in [4.78, 5) is 16.2. The summed E-state index contributed by atoms with van der Waals surface area (Å²) >= 11 is 6.01. The normalized spacial score (nSPS) is 10.4. The molecule has 0 bridgehead atoms. The number of nitrogens with zero attached hydrogens (tertiary/aromatic N) is 1. The topological polar surface area (TPSA) is 75.3 Å². The van der Waals surface area contributed by atoms with Crippen LogP contribution < -0.4 is 20.7 Å². The zero-order chi connectivity index (χ0) is 19.1. The summed E-state index contributed by atoms with van der Waals surface area (Å²) in [5.74, 6) is 0.748. The molecule has 1 aromatic heterocycles. The summed E-state index contributed by atoms with van der Waals surface area (Å²) in [6.07, 6.45) is 2.54. The molecule has 27 heavy (non-hydrogen) atoms. The van der Waals surface area contributed by atoms with Crippen molar-refractivity contribution in [3.63, 3.8) is 0 Å². The van der Waals surface area contributed by atoms with Crippen LogP contribution in [0.1, 0.15) is 6.42 Å². The number of urea groups is 1. The Hall–Kier alpha value is -2.99. The first-order valence-electron chi connectivity index (χ1n) is 8.63. The Morgan fingerprint density at radius 1 is 1.11 bits per heavy atom. The summed E-state index contributed by atoms with van der Waals surface area (Å²) < 4.78 is 5.09. The molecule has 0 atom stereocenters. The Balaban J connectivity index is 1.42. The van der Waals surface area contributed by atoms with E-state index in [1.807, 2.05) is 24.3 Å². The number of hydrogen-bond acceptors (Lipinski definition) is 4. The van der Waals surface area contributed by atoms with Crippen LogP contribution in [0.4, 0.5) is 16.2 Å². The summed E-state index contributed by atoms with van der Waals surface area (Å²) in [5, 5.41) is 10.7. The number of rotatable bonds is 7. The van der Waals surface area contributed by atoms with Crippen LogP contribution in [0.3, 0.4) is 0 Å². The number of halogens is 1. The Kier molecular flexibility index (Phi) is 6.33. The van der Waals surface area contributed by atoms with Crippen molar-refractivity contribution in [3.05, 3.63) is 59.8 Å². The predicted octanol–water partition coefficient (Wildman–Crippen LogP) is 4.52. The molecule has 0 radical (unpaired) electrons. The molecule has 3 N–H and O–H groups in total. The zero-order valence-electron chi connectivity index (χ0n) is 15.0. The van der Waals surface area contributed by atoms with Gasteiger partial charge in [0.05, 0.1) is 12.6 Å². The minimum atomic E-state index is -0.232. The molecule has 0 saturated carbocycles. The first-order chi connectivity index (χ1) is 13.2. The molecule has 0 unspecified atom stereocenters. The molecular formula is C20H21ClN4O2. The van der Waals surface area contributed by atoms with Crippen molar-refractivity contribution < 1.29 is 9.53 Å². The summed E-state index contributed by atoms with van der Waals surface area (Å²) in [7, 11) is 1.60. The van der Waals surface area contributed by atoms with E-state index in [2.05, 4.69) is 20.9 Å². The van der Waals surface area contributed by atoms with E-state index in [1.165, 1.54) is 0 Å². The van der Waals surface area contributed by atoms with Gasteiger partial charge in [0.1, 0.15) is 5.75 Å². The second-order valence-electron chi connectivity index (χ2n) is 5.91. The fourth-order valence-corrected chi connectivity index (χ4v) is 2.80. The third-order valence-electron chi connectivity index (χ3n) is 4.01. The largest absolute Gasteiger partial charge is 0.497 e. The fraction of sp³-hybridized carbons (Fsp3) is 0.200. The maximum atomic E-state index is 11.9. The molecule has 0 spiro atoms. The van der Waals surface area contributed by atoms with Gasteiger partial charge in [0.15, 0.2) is 0 Å². The zero-order valence-corrected chi connectivity index (χ0v) is 15.7. The van der Waals surface area contributed by atoms with Crippen LogP contribution in [0.2, 0.25) is 5.02 Å². The first kappa shape index (κ1) is 18.8. The first-order valence-corrected chi connectivity index (χ1v) is 9.00. The van der Waals surface area contributed by atoms with Gasteiger partial charge in [-0.2, -0.15) is 0 Å². The Labute approximate surface area is 162 Å². The van der Waals surface area contributed by atoms with Crippen LogP contribution in [0.15, 0.2) is 54.7 Å². The van der Waals surface area contributed by atoms with Crippen molar-refractivity contribution in [2.75, 3.05) is 30.8 Å². The number of hydrogen-bond donors (Lipinski definition) is 3. The van der Waals surface area contributed by atoms with Crippen LogP contribution in [0, 0.1) is 0 Å². The van der Waals surface area contributed by atoms with Crippen molar-refractivity contribution in [1.29, 1.82) is 0 Å². The molecule has 2 amide bonds. The lowest BCUT2D eigenvalue weighted by Gasteiger charge is -2.11. The molecule has 2 aromatic carbocycles. The van der Waals surface area contributed by atoms with E-state index in [0.717, 1.165) is 35.3 Å². The molecule has 3 rings (SSSR count). The van der Waals surface area contributed by atoms with Gasteiger partial charge < -0.3 is 20.7 Å². The molecule has 7 heteroatoms. The highest BCUT2D eigenvalue weighted by Crippen LogP contribution is 2.24. The van der Waals surface area contributed by atoms with Gasteiger partial charge in [-0.25, -0.2) is 4.79 Å². The van der Waals surface area contributed by atoms with Gasteiger partial charge >= 0.3 is 6.03 Å². The van der Waals surface area contributed by atoms with Crippen molar-refractivity contribution >= 4 is 39.9 Å². The average molecular weight is 385 g/mol. The van der Waals surface area contributed by atoms with Crippen LogP contribution >= 0.6 is 11.6 Å². The van der Waals surface area contributed by atoms with E-state index in [9.17, 15) is 4.79 Å². The van der Waals surface area contributed by atoms with Gasteiger partial charge in [-0.1, -0.05) is 11.6 Å². The number of anilines is 2. The van der Waals surface area contributed by atoms with Crippen molar-refractivity contribution in [3.8, 4) is 5.75 Å². The number of pyridine rings is 1. The summed E-state index contributed by atoms with van der Waals surface area (Å²) in [5.41, 5.74) is 2.57. The van der Waals surface area contributed by atoms with Crippen LogP contribution in [0.25, 0.3) is 10.9 Å². The van der Waals surface area contributed by atoms with Crippen molar-refractivity contribution in [2.45, 2.75) is 6.42 Å². The highest BCUT2D eigenvalue weighted by atomic mass is 35.5. The predicted molar refractivity (Wildman–Crippen MR) is 110 cm³/mol. The van der Waals surface area contributed by atoms with E-state index in [4.69, 9.17) is 16.3 Å². The molecule has 3 aromatic rings. The summed E-state index contributed by atoms with van der Waals surface area (Å²) in [6.45, 7) is 1.29. The van der Waals surface area contributed by atoms with Gasteiger partial charge in [0.25, 0.3) is 0 Å². The van der Waals surface area contributed by atoms with E-state index < -0.39 is 0 Å². The number of carbonyl (C=O) groups is 1.